The van der Waals surface area contributed by atoms with Crippen molar-refractivity contribution in [3.05, 3.63) is 35.3 Å². The van der Waals surface area contributed by atoms with Crippen molar-refractivity contribution in [2.45, 2.75) is 6.92 Å². The topological polar surface area (TPSA) is 43.6 Å². The molecule has 6 heteroatoms. The number of nitrogens with zero attached hydrogens (tertiary/aromatic N) is 4. The molecule has 4 nitrogen and oxygen atoms in total. The first-order valence-electron chi connectivity index (χ1n) is 3.86. The van der Waals surface area contributed by atoms with Crippen LogP contribution in [0.25, 0.3) is 5.82 Å². The van der Waals surface area contributed by atoms with E-state index in [1.54, 1.807) is 13.1 Å². The Morgan fingerprint density at radius 2 is 2.21 bits per heavy atom. The highest BCUT2D eigenvalue weighted by Gasteiger charge is 2.05. The SMILES string of the molecule is Cc1nn(-c2cc(F)ncn2)cc1Cl. The van der Waals surface area contributed by atoms with Gasteiger partial charge in [0.25, 0.3) is 0 Å². The molecular formula is C8H6ClFN4. The summed E-state index contributed by atoms with van der Waals surface area (Å²) in [5, 5.41) is 4.57. The van der Waals surface area contributed by atoms with Gasteiger partial charge >= 0.3 is 0 Å². The van der Waals surface area contributed by atoms with E-state index in [1.165, 1.54) is 10.7 Å². The molecule has 0 atom stereocenters. The highest BCUT2D eigenvalue weighted by atomic mass is 35.5. The van der Waals surface area contributed by atoms with Crippen molar-refractivity contribution in [2.75, 3.05) is 0 Å². The van der Waals surface area contributed by atoms with E-state index in [2.05, 4.69) is 15.1 Å². The maximum atomic E-state index is 12.7. The molecule has 0 amide bonds. The molecule has 0 bridgehead atoms. The average molecular weight is 213 g/mol. The summed E-state index contributed by atoms with van der Waals surface area (Å²) in [6.07, 6.45) is 2.70. The van der Waals surface area contributed by atoms with Crippen LogP contribution in [0.1, 0.15) is 5.69 Å². The van der Waals surface area contributed by atoms with E-state index in [4.69, 9.17) is 11.6 Å². The zero-order valence-corrected chi connectivity index (χ0v) is 8.03. The maximum Gasteiger partial charge on any atom is 0.218 e. The Hall–Kier alpha value is -1.49. The van der Waals surface area contributed by atoms with Gasteiger partial charge in [-0.3, -0.25) is 0 Å². The predicted molar refractivity (Wildman–Crippen MR) is 48.9 cm³/mol. The van der Waals surface area contributed by atoms with Crippen LogP contribution in [0, 0.1) is 12.9 Å². The van der Waals surface area contributed by atoms with Gasteiger partial charge < -0.3 is 0 Å². The summed E-state index contributed by atoms with van der Waals surface area (Å²) in [6.45, 7) is 1.76. The van der Waals surface area contributed by atoms with Crippen LogP contribution < -0.4 is 0 Å². The number of hydrogen-bond acceptors (Lipinski definition) is 3. The monoisotopic (exact) mass is 212 g/mol. The fourth-order valence-corrected chi connectivity index (χ4v) is 1.14. The van der Waals surface area contributed by atoms with Gasteiger partial charge in [0, 0.05) is 6.07 Å². The van der Waals surface area contributed by atoms with Crippen LogP contribution in [0.15, 0.2) is 18.6 Å². The molecule has 0 aliphatic heterocycles. The Kier molecular flexibility index (Phi) is 2.17. The fourth-order valence-electron chi connectivity index (χ4n) is 1.01. The molecule has 72 valence electrons. The van der Waals surface area contributed by atoms with Gasteiger partial charge in [-0.15, -0.1) is 0 Å². The minimum atomic E-state index is -0.598. The Morgan fingerprint density at radius 3 is 2.79 bits per heavy atom. The molecule has 0 radical (unpaired) electrons. The van der Waals surface area contributed by atoms with Gasteiger partial charge in [0.05, 0.1) is 16.9 Å². The molecule has 0 saturated heterocycles. The second-order valence-electron chi connectivity index (χ2n) is 2.71. The van der Waals surface area contributed by atoms with E-state index in [0.717, 1.165) is 6.33 Å². The van der Waals surface area contributed by atoms with Gasteiger partial charge in [-0.2, -0.15) is 9.49 Å². The molecule has 0 fully saturated rings. The van der Waals surface area contributed by atoms with Crippen LogP contribution in [0.4, 0.5) is 4.39 Å². The van der Waals surface area contributed by atoms with Crippen molar-refractivity contribution in [3.8, 4) is 5.82 Å². The lowest BCUT2D eigenvalue weighted by molar-refractivity contribution is 0.575. The zero-order chi connectivity index (χ0) is 10.1. The molecule has 2 aromatic heterocycles. The van der Waals surface area contributed by atoms with Crippen molar-refractivity contribution >= 4 is 11.6 Å². The quantitative estimate of drug-likeness (QED) is 0.677. The largest absolute Gasteiger partial charge is 0.221 e. The maximum absolute atomic E-state index is 12.7. The summed E-state index contributed by atoms with van der Waals surface area (Å²) in [6, 6.07) is 1.18. The van der Waals surface area contributed by atoms with E-state index in [-0.39, 0.29) is 0 Å². The van der Waals surface area contributed by atoms with E-state index in [0.29, 0.717) is 16.5 Å². The lowest BCUT2D eigenvalue weighted by atomic mass is 10.5. The Morgan fingerprint density at radius 1 is 1.43 bits per heavy atom. The molecule has 2 heterocycles. The van der Waals surface area contributed by atoms with Gasteiger partial charge in [-0.25, -0.2) is 14.6 Å². The predicted octanol–water partition coefficient (Wildman–Crippen LogP) is 1.76. The molecular weight excluding hydrogens is 207 g/mol. The van der Waals surface area contributed by atoms with E-state index < -0.39 is 5.95 Å². The first kappa shape index (κ1) is 9.08. The van der Waals surface area contributed by atoms with Crippen LogP contribution in [0.3, 0.4) is 0 Å². The lowest BCUT2D eigenvalue weighted by Gasteiger charge is -1.97. The standard InChI is InChI=1S/C8H6ClFN4/c1-5-6(9)3-14(13-5)8-2-7(10)11-4-12-8/h2-4H,1H3. The third-order valence-electron chi connectivity index (χ3n) is 1.69. The zero-order valence-electron chi connectivity index (χ0n) is 7.28. The highest BCUT2D eigenvalue weighted by molar-refractivity contribution is 6.31. The molecule has 2 aromatic rings. The molecule has 0 N–H and O–H groups in total. The molecule has 0 saturated carbocycles. The first-order chi connectivity index (χ1) is 6.66. The van der Waals surface area contributed by atoms with Crippen molar-refractivity contribution in [1.29, 1.82) is 0 Å². The number of halogens is 2. The Balaban J connectivity index is 2.49. The number of hydrogen-bond donors (Lipinski definition) is 0. The third-order valence-corrected chi connectivity index (χ3v) is 2.06. The molecule has 0 spiro atoms. The van der Waals surface area contributed by atoms with Crippen LogP contribution in [0.2, 0.25) is 5.02 Å². The van der Waals surface area contributed by atoms with Gasteiger partial charge in [-0.05, 0) is 6.92 Å². The first-order valence-corrected chi connectivity index (χ1v) is 4.24. The lowest BCUT2D eigenvalue weighted by Crippen LogP contribution is -1.99. The summed E-state index contributed by atoms with van der Waals surface area (Å²) in [5.74, 6) is -0.244. The summed E-state index contributed by atoms with van der Waals surface area (Å²) >= 11 is 5.80. The second kappa shape index (κ2) is 3.34. The summed E-state index contributed by atoms with van der Waals surface area (Å²) < 4.78 is 14.1. The molecule has 0 unspecified atom stereocenters. The van der Waals surface area contributed by atoms with Crippen LogP contribution in [-0.4, -0.2) is 19.7 Å². The van der Waals surface area contributed by atoms with Crippen LogP contribution >= 0.6 is 11.6 Å². The highest BCUT2D eigenvalue weighted by Crippen LogP contribution is 2.14. The van der Waals surface area contributed by atoms with Crippen molar-refractivity contribution < 1.29 is 4.39 Å². The fraction of sp³-hybridized carbons (Fsp3) is 0.125. The van der Waals surface area contributed by atoms with E-state index in [1.807, 2.05) is 0 Å². The molecule has 2 rings (SSSR count). The number of rotatable bonds is 1. The average Bonchev–Trinajstić information content (AvgIpc) is 2.47. The van der Waals surface area contributed by atoms with Crippen LogP contribution in [0.5, 0.6) is 0 Å². The van der Waals surface area contributed by atoms with Gasteiger partial charge in [-0.1, -0.05) is 11.6 Å². The molecule has 14 heavy (non-hydrogen) atoms. The minimum absolute atomic E-state index is 0.354. The summed E-state index contributed by atoms with van der Waals surface area (Å²) in [4.78, 5) is 7.20. The van der Waals surface area contributed by atoms with Crippen molar-refractivity contribution in [3.63, 3.8) is 0 Å². The Bertz CT molecular complexity index is 449. The molecule has 0 aliphatic rings. The normalized spacial score (nSPS) is 10.5. The van der Waals surface area contributed by atoms with Gasteiger partial charge in [0.15, 0.2) is 5.82 Å². The molecule has 0 aromatic carbocycles. The third kappa shape index (κ3) is 1.58. The number of aryl methyl sites for hydroxylation is 1. The Labute approximate surface area is 84.4 Å². The van der Waals surface area contributed by atoms with Crippen LogP contribution in [-0.2, 0) is 0 Å². The summed E-state index contributed by atoms with van der Waals surface area (Å²) in [7, 11) is 0. The second-order valence-corrected chi connectivity index (χ2v) is 3.11. The minimum Gasteiger partial charge on any atom is -0.221 e. The van der Waals surface area contributed by atoms with Gasteiger partial charge in [0.1, 0.15) is 6.33 Å². The van der Waals surface area contributed by atoms with Crippen molar-refractivity contribution in [1.82, 2.24) is 19.7 Å². The smallest absolute Gasteiger partial charge is 0.218 e. The van der Waals surface area contributed by atoms with E-state index >= 15 is 0 Å². The van der Waals surface area contributed by atoms with Gasteiger partial charge in [0.2, 0.25) is 5.95 Å². The molecule has 0 aliphatic carbocycles. The summed E-state index contributed by atoms with van der Waals surface area (Å²) in [5.41, 5.74) is 0.672. The number of aromatic nitrogens is 4. The van der Waals surface area contributed by atoms with Crippen molar-refractivity contribution in [2.24, 2.45) is 0 Å². The van der Waals surface area contributed by atoms with E-state index in [9.17, 15) is 4.39 Å².